The molecule has 0 atom stereocenters. The number of nitrogens with one attached hydrogen (secondary N) is 1. The molecular weight excluding hydrogens is 510 g/mol. The summed E-state index contributed by atoms with van der Waals surface area (Å²) in [6.45, 7) is 4.82. The zero-order chi connectivity index (χ0) is 24.4. The molecule has 2 amide bonds. The molecule has 35 heavy (non-hydrogen) atoms. The molecule has 9 heteroatoms. The van der Waals surface area contributed by atoms with Gasteiger partial charge in [-0.1, -0.05) is 15.9 Å². The predicted octanol–water partition coefficient (Wildman–Crippen LogP) is 5.17. The van der Waals surface area contributed by atoms with Crippen molar-refractivity contribution in [3.8, 4) is 0 Å². The van der Waals surface area contributed by atoms with Gasteiger partial charge in [0.25, 0.3) is 0 Å². The summed E-state index contributed by atoms with van der Waals surface area (Å²) in [6, 6.07) is 16.8. The largest absolute Gasteiger partial charge is 0.462 e. The van der Waals surface area contributed by atoms with Crippen molar-refractivity contribution < 1.29 is 14.3 Å². The molecule has 3 heterocycles. The van der Waals surface area contributed by atoms with Crippen molar-refractivity contribution in [2.75, 3.05) is 43.0 Å². The van der Waals surface area contributed by atoms with Gasteiger partial charge in [-0.15, -0.1) is 0 Å². The number of benzene rings is 2. The van der Waals surface area contributed by atoms with Crippen molar-refractivity contribution >= 4 is 56.0 Å². The minimum absolute atomic E-state index is 0.154. The van der Waals surface area contributed by atoms with Crippen LogP contribution >= 0.6 is 15.9 Å². The molecular formula is C26H26BrN5O3. The van der Waals surface area contributed by atoms with Gasteiger partial charge in [0.05, 0.1) is 28.7 Å². The van der Waals surface area contributed by atoms with E-state index >= 15 is 0 Å². The van der Waals surface area contributed by atoms with E-state index in [1.54, 1.807) is 31.2 Å². The molecule has 8 nitrogen and oxygen atoms in total. The average Bonchev–Trinajstić information content (AvgIpc) is 3.21. The van der Waals surface area contributed by atoms with Crippen LogP contribution in [-0.4, -0.2) is 59.1 Å². The Morgan fingerprint density at radius 3 is 2.66 bits per heavy atom. The minimum atomic E-state index is -0.371. The van der Waals surface area contributed by atoms with Gasteiger partial charge in [0.1, 0.15) is 0 Å². The van der Waals surface area contributed by atoms with Gasteiger partial charge >= 0.3 is 12.0 Å². The van der Waals surface area contributed by atoms with E-state index in [0.29, 0.717) is 37.5 Å². The van der Waals surface area contributed by atoms with Crippen molar-refractivity contribution in [1.29, 1.82) is 0 Å². The SMILES string of the molecule is CCOC(=O)c1ccc(NC(=O)N2CCCN(c3nc4cc(Br)ccc4n4cccc34)CC2)cc1. The van der Waals surface area contributed by atoms with Gasteiger partial charge in [0.15, 0.2) is 5.82 Å². The van der Waals surface area contributed by atoms with Crippen molar-refractivity contribution in [3.05, 3.63) is 70.8 Å². The fourth-order valence-corrected chi connectivity index (χ4v) is 4.76. The summed E-state index contributed by atoms with van der Waals surface area (Å²) in [5.41, 5.74) is 4.13. The molecule has 5 rings (SSSR count). The van der Waals surface area contributed by atoms with Gasteiger partial charge in [-0.05, 0) is 67.9 Å². The number of rotatable bonds is 4. The molecule has 1 N–H and O–H groups in total. The first-order valence-electron chi connectivity index (χ1n) is 11.7. The summed E-state index contributed by atoms with van der Waals surface area (Å²) >= 11 is 3.55. The highest BCUT2D eigenvalue weighted by atomic mass is 79.9. The van der Waals surface area contributed by atoms with Gasteiger partial charge in [-0.2, -0.15) is 0 Å². The predicted molar refractivity (Wildman–Crippen MR) is 140 cm³/mol. The fourth-order valence-electron chi connectivity index (χ4n) is 4.41. The number of aromatic nitrogens is 2. The Bertz CT molecular complexity index is 1390. The van der Waals surface area contributed by atoms with E-state index in [0.717, 1.165) is 39.8 Å². The van der Waals surface area contributed by atoms with Crippen molar-refractivity contribution in [2.24, 2.45) is 0 Å². The second-order valence-corrected chi connectivity index (χ2v) is 9.30. The molecule has 0 saturated carbocycles. The molecule has 4 aromatic rings. The Morgan fingerprint density at radius 2 is 1.86 bits per heavy atom. The minimum Gasteiger partial charge on any atom is -0.462 e. The summed E-state index contributed by atoms with van der Waals surface area (Å²) in [7, 11) is 0. The number of nitrogens with zero attached hydrogens (tertiary/aromatic N) is 4. The molecule has 0 radical (unpaired) electrons. The molecule has 1 saturated heterocycles. The monoisotopic (exact) mass is 535 g/mol. The van der Waals surface area contributed by atoms with Crippen molar-refractivity contribution in [2.45, 2.75) is 13.3 Å². The number of halogens is 1. The molecule has 1 aliphatic heterocycles. The summed E-state index contributed by atoms with van der Waals surface area (Å²) in [5.74, 6) is 0.558. The first-order chi connectivity index (χ1) is 17.0. The van der Waals surface area contributed by atoms with Crippen LogP contribution in [0.15, 0.2) is 65.3 Å². The Balaban J connectivity index is 1.29. The summed E-state index contributed by atoms with van der Waals surface area (Å²) in [5, 5.41) is 2.94. The standard InChI is InChI=1S/C26H26BrN5O3/c1-2-35-25(33)18-6-9-20(10-7-18)28-26(34)31-13-4-12-30(15-16-31)24-23-5-3-14-32(23)22-11-8-19(27)17-21(22)29-24/h3,5-11,14,17H,2,4,12-13,15-16H2,1H3,(H,28,34). The highest BCUT2D eigenvalue weighted by molar-refractivity contribution is 9.10. The van der Waals surface area contributed by atoms with Gasteiger partial charge in [-0.25, -0.2) is 14.6 Å². The number of anilines is 2. The van der Waals surface area contributed by atoms with Gasteiger partial charge in [-0.3, -0.25) is 0 Å². The lowest BCUT2D eigenvalue weighted by Gasteiger charge is -2.24. The number of hydrogen-bond acceptors (Lipinski definition) is 5. The fraction of sp³-hybridized carbons (Fsp3) is 0.269. The molecule has 0 aliphatic carbocycles. The summed E-state index contributed by atoms with van der Waals surface area (Å²) in [6.07, 6.45) is 2.89. The van der Waals surface area contributed by atoms with Gasteiger partial charge < -0.3 is 24.3 Å². The number of esters is 1. The number of fused-ring (bicyclic) bond motifs is 3. The van der Waals surface area contributed by atoms with Crippen LogP contribution < -0.4 is 10.2 Å². The number of hydrogen-bond donors (Lipinski definition) is 1. The highest BCUT2D eigenvalue weighted by Gasteiger charge is 2.22. The second kappa shape index (κ2) is 9.95. The normalized spacial score (nSPS) is 14.2. The van der Waals surface area contributed by atoms with E-state index in [1.165, 1.54) is 0 Å². The molecule has 180 valence electrons. The van der Waals surface area contributed by atoms with E-state index in [-0.39, 0.29) is 12.0 Å². The summed E-state index contributed by atoms with van der Waals surface area (Å²) < 4.78 is 8.16. The third kappa shape index (κ3) is 4.81. The van der Waals surface area contributed by atoms with E-state index in [1.807, 2.05) is 23.1 Å². The molecule has 1 fully saturated rings. The van der Waals surface area contributed by atoms with E-state index in [9.17, 15) is 9.59 Å². The number of amides is 2. The van der Waals surface area contributed by atoms with Gasteiger partial charge in [0, 0.05) is 42.5 Å². The lowest BCUT2D eigenvalue weighted by atomic mass is 10.2. The maximum atomic E-state index is 12.9. The van der Waals surface area contributed by atoms with Crippen LogP contribution in [0.5, 0.6) is 0 Å². The Kier molecular flexibility index (Phi) is 6.59. The Labute approximate surface area is 211 Å². The number of carbonyl (C=O) groups excluding carboxylic acids is 2. The maximum Gasteiger partial charge on any atom is 0.338 e. The maximum absolute atomic E-state index is 12.9. The zero-order valence-corrected chi connectivity index (χ0v) is 21.0. The lowest BCUT2D eigenvalue weighted by Crippen LogP contribution is -2.38. The van der Waals surface area contributed by atoms with Crippen LogP contribution in [0.2, 0.25) is 0 Å². The van der Waals surface area contributed by atoms with E-state index in [2.05, 4.69) is 48.9 Å². The van der Waals surface area contributed by atoms with Crippen LogP contribution in [0.4, 0.5) is 16.3 Å². The molecule has 0 unspecified atom stereocenters. The number of carbonyl (C=O) groups is 2. The van der Waals surface area contributed by atoms with E-state index < -0.39 is 0 Å². The quantitative estimate of drug-likeness (QED) is 0.364. The number of ether oxygens (including phenoxy) is 1. The Morgan fingerprint density at radius 1 is 1.03 bits per heavy atom. The highest BCUT2D eigenvalue weighted by Crippen LogP contribution is 2.28. The zero-order valence-electron chi connectivity index (χ0n) is 19.4. The van der Waals surface area contributed by atoms with Crippen LogP contribution in [0, 0.1) is 0 Å². The lowest BCUT2D eigenvalue weighted by molar-refractivity contribution is 0.0526. The molecule has 1 aliphatic rings. The molecule has 2 aromatic carbocycles. The van der Waals surface area contributed by atoms with Crippen LogP contribution in [0.25, 0.3) is 16.6 Å². The molecule has 0 bridgehead atoms. The summed E-state index contributed by atoms with van der Waals surface area (Å²) in [4.78, 5) is 33.9. The topological polar surface area (TPSA) is 79.2 Å². The average molecular weight is 536 g/mol. The van der Waals surface area contributed by atoms with Crippen molar-refractivity contribution in [3.63, 3.8) is 0 Å². The van der Waals surface area contributed by atoms with Crippen LogP contribution in [0.3, 0.4) is 0 Å². The molecule has 0 spiro atoms. The van der Waals surface area contributed by atoms with Crippen LogP contribution in [0.1, 0.15) is 23.7 Å². The van der Waals surface area contributed by atoms with Crippen molar-refractivity contribution in [1.82, 2.24) is 14.3 Å². The third-order valence-electron chi connectivity index (χ3n) is 6.13. The van der Waals surface area contributed by atoms with Crippen LogP contribution in [-0.2, 0) is 4.74 Å². The smallest absolute Gasteiger partial charge is 0.338 e. The number of urea groups is 1. The first-order valence-corrected chi connectivity index (χ1v) is 12.5. The third-order valence-corrected chi connectivity index (χ3v) is 6.62. The molecule has 2 aromatic heterocycles. The first kappa shape index (κ1) is 23.2. The second-order valence-electron chi connectivity index (χ2n) is 8.39. The van der Waals surface area contributed by atoms with E-state index in [4.69, 9.17) is 9.72 Å². The van der Waals surface area contributed by atoms with Gasteiger partial charge in [0.2, 0.25) is 0 Å². The Hall–Kier alpha value is -3.59.